The third kappa shape index (κ3) is 5.22. The molecule has 0 aliphatic heterocycles. The molecule has 1 nitrogen and oxygen atoms in total. The van der Waals surface area contributed by atoms with Gasteiger partial charge in [0.25, 0.3) is 0 Å². The largest absolute Gasteiger partial charge is 0.309 e. The minimum Gasteiger partial charge on any atom is -0.309 e. The molecule has 0 unspecified atom stereocenters. The van der Waals surface area contributed by atoms with Gasteiger partial charge in [-0.25, -0.2) is 0 Å². The molecule has 0 radical (unpaired) electrons. The Morgan fingerprint density at radius 1 is 0.302 bits per heavy atom. The molecule has 1 aromatic heterocycles. The summed E-state index contributed by atoms with van der Waals surface area (Å²) in [4.78, 5) is 2.58. The first kappa shape index (κ1) is 35.9. The van der Waals surface area contributed by atoms with E-state index >= 15 is 0 Å². The fourth-order valence-electron chi connectivity index (χ4n) is 11.0. The van der Waals surface area contributed by atoms with E-state index in [0.717, 1.165) is 17.1 Å². The van der Waals surface area contributed by atoms with Crippen LogP contribution in [0.15, 0.2) is 237 Å². The Labute approximate surface area is 371 Å². The van der Waals surface area contributed by atoms with Gasteiger partial charge in [-0.05, 0) is 97.1 Å². The first-order valence-corrected chi connectivity index (χ1v) is 22.6. The Kier molecular flexibility index (Phi) is 8.06. The Hall–Kier alpha value is -7.78. The molecule has 2 aliphatic carbocycles. The second-order valence-electron chi connectivity index (χ2n) is 16.7. The predicted molar refractivity (Wildman–Crippen MR) is 267 cm³/mol. The van der Waals surface area contributed by atoms with Gasteiger partial charge in [0.15, 0.2) is 0 Å². The summed E-state index contributed by atoms with van der Waals surface area (Å²) in [6, 6.07) is 87.9. The molecule has 1 heterocycles. The molecule has 0 N–H and O–H groups in total. The average molecular weight is 818 g/mol. The fourth-order valence-corrected chi connectivity index (χ4v) is 12.1. The number of anilines is 3. The summed E-state index contributed by atoms with van der Waals surface area (Å²) in [5, 5.41) is 2.59. The molecular weight excluding hydrogens is 779 g/mol. The van der Waals surface area contributed by atoms with E-state index in [2.05, 4.69) is 241 Å². The molecule has 13 rings (SSSR count). The maximum Gasteiger partial charge on any atom is 0.0726 e. The van der Waals surface area contributed by atoms with Gasteiger partial charge < -0.3 is 4.90 Å². The molecule has 0 fully saturated rings. The van der Waals surface area contributed by atoms with Crippen molar-refractivity contribution < 1.29 is 0 Å². The standard InChI is InChI=1S/C61H39NS/c1-3-19-40(20-4-1)43-23-7-8-27-49(43)59-44(41-21-5-2-6-22-41)29-17-34-55(59)62(42-37-38-48-47-26-12-16-36-57(47)63-58(48)39-42)56-35-18-33-54-60(56)50-28-11-15-32-53(50)61(54)51-30-13-9-24-45(51)46-25-10-14-31-52(46)61/h1-39H. The van der Waals surface area contributed by atoms with E-state index in [1.807, 2.05) is 11.3 Å². The van der Waals surface area contributed by atoms with E-state index in [4.69, 9.17) is 0 Å². The maximum atomic E-state index is 2.58. The molecule has 2 aliphatic rings. The summed E-state index contributed by atoms with van der Waals surface area (Å²) in [5.74, 6) is 0. The zero-order valence-corrected chi connectivity index (χ0v) is 35.2. The third-order valence-electron chi connectivity index (χ3n) is 13.5. The zero-order chi connectivity index (χ0) is 41.5. The molecule has 0 saturated heterocycles. The van der Waals surface area contributed by atoms with Gasteiger partial charge >= 0.3 is 0 Å². The lowest BCUT2D eigenvalue weighted by Gasteiger charge is -2.33. The van der Waals surface area contributed by atoms with Crippen molar-refractivity contribution in [3.8, 4) is 55.6 Å². The van der Waals surface area contributed by atoms with Crippen LogP contribution in [0.2, 0.25) is 0 Å². The van der Waals surface area contributed by atoms with Crippen LogP contribution in [0.5, 0.6) is 0 Å². The highest BCUT2D eigenvalue weighted by molar-refractivity contribution is 7.25. The second-order valence-corrected chi connectivity index (χ2v) is 17.8. The highest BCUT2D eigenvalue weighted by Crippen LogP contribution is 2.65. The maximum absolute atomic E-state index is 2.58. The molecule has 294 valence electrons. The number of rotatable bonds is 6. The lowest BCUT2D eigenvalue weighted by Crippen LogP contribution is -2.26. The van der Waals surface area contributed by atoms with Crippen molar-refractivity contribution in [2.75, 3.05) is 4.90 Å². The number of fused-ring (bicyclic) bond motifs is 13. The van der Waals surface area contributed by atoms with Crippen LogP contribution in [-0.2, 0) is 5.41 Å². The zero-order valence-electron chi connectivity index (χ0n) is 34.4. The minimum absolute atomic E-state index is 0.467. The average Bonchev–Trinajstić information content (AvgIpc) is 3.99. The number of hydrogen-bond acceptors (Lipinski definition) is 2. The smallest absolute Gasteiger partial charge is 0.0726 e. The van der Waals surface area contributed by atoms with E-state index in [-0.39, 0.29) is 0 Å². The van der Waals surface area contributed by atoms with E-state index in [1.54, 1.807) is 0 Å². The van der Waals surface area contributed by atoms with Crippen molar-refractivity contribution >= 4 is 48.6 Å². The summed E-state index contributed by atoms with van der Waals surface area (Å²) in [6.45, 7) is 0. The van der Waals surface area contributed by atoms with Crippen LogP contribution in [-0.4, -0.2) is 0 Å². The molecule has 10 aromatic carbocycles. The summed E-state index contributed by atoms with van der Waals surface area (Å²) < 4.78 is 2.57. The van der Waals surface area contributed by atoms with Crippen molar-refractivity contribution in [2.24, 2.45) is 0 Å². The Morgan fingerprint density at radius 2 is 0.778 bits per heavy atom. The van der Waals surface area contributed by atoms with Crippen molar-refractivity contribution in [3.05, 3.63) is 259 Å². The lowest BCUT2D eigenvalue weighted by atomic mass is 9.70. The van der Waals surface area contributed by atoms with Gasteiger partial charge in [0, 0.05) is 37.0 Å². The molecule has 2 heteroatoms. The minimum atomic E-state index is -0.467. The summed E-state index contributed by atoms with van der Waals surface area (Å²) in [6.07, 6.45) is 0. The summed E-state index contributed by atoms with van der Waals surface area (Å²) >= 11 is 1.87. The SMILES string of the molecule is c1ccc(-c2ccccc2-c2c(-c3ccccc3)cccc2N(c2ccc3c(c2)sc2ccccc23)c2cccc3c2-c2ccccc2C32c3ccccc3-c3ccccc32)cc1. The van der Waals surface area contributed by atoms with E-state index in [9.17, 15) is 0 Å². The lowest BCUT2D eigenvalue weighted by molar-refractivity contribution is 0.794. The van der Waals surface area contributed by atoms with Crippen LogP contribution in [0.3, 0.4) is 0 Å². The van der Waals surface area contributed by atoms with Gasteiger partial charge in [-0.15, -0.1) is 11.3 Å². The van der Waals surface area contributed by atoms with Gasteiger partial charge in [0.2, 0.25) is 0 Å². The topological polar surface area (TPSA) is 3.24 Å². The first-order chi connectivity index (χ1) is 31.3. The van der Waals surface area contributed by atoms with E-state index < -0.39 is 5.41 Å². The van der Waals surface area contributed by atoms with Crippen LogP contribution < -0.4 is 4.90 Å². The summed E-state index contributed by atoms with van der Waals surface area (Å²) in [7, 11) is 0. The Bertz CT molecular complexity index is 3540. The number of nitrogens with zero attached hydrogens (tertiary/aromatic N) is 1. The molecular formula is C61H39NS. The van der Waals surface area contributed by atoms with Crippen molar-refractivity contribution in [1.29, 1.82) is 0 Å². The summed E-state index contributed by atoms with van der Waals surface area (Å²) in [5.41, 5.74) is 20.6. The van der Waals surface area contributed by atoms with E-state index in [1.165, 1.54) is 98.1 Å². The van der Waals surface area contributed by atoms with Crippen LogP contribution in [0.4, 0.5) is 17.1 Å². The van der Waals surface area contributed by atoms with Crippen LogP contribution in [0, 0.1) is 0 Å². The van der Waals surface area contributed by atoms with Crippen molar-refractivity contribution in [1.82, 2.24) is 0 Å². The molecule has 1 spiro atoms. The monoisotopic (exact) mass is 817 g/mol. The molecule has 0 bridgehead atoms. The number of benzene rings is 10. The van der Waals surface area contributed by atoms with Crippen LogP contribution >= 0.6 is 11.3 Å². The molecule has 0 amide bonds. The quantitative estimate of drug-likeness (QED) is 0.162. The highest BCUT2D eigenvalue weighted by Gasteiger charge is 2.52. The highest BCUT2D eigenvalue weighted by atomic mass is 32.1. The predicted octanol–water partition coefficient (Wildman–Crippen LogP) is 16.9. The second kappa shape index (κ2) is 14.1. The first-order valence-electron chi connectivity index (χ1n) is 21.8. The Balaban J connectivity index is 1.16. The van der Waals surface area contributed by atoms with Gasteiger partial charge in [-0.2, -0.15) is 0 Å². The number of hydrogen-bond donors (Lipinski definition) is 0. The molecule has 0 saturated carbocycles. The molecule has 63 heavy (non-hydrogen) atoms. The normalized spacial score (nSPS) is 12.9. The Morgan fingerprint density at radius 3 is 1.48 bits per heavy atom. The molecule has 11 aromatic rings. The number of thiophene rings is 1. The fraction of sp³-hybridized carbons (Fsp3) is 0.0164. The van der Waals surface area contributed by atoms with Crippen molar-refractivity contribution in [3.63, 3.8) is 0 Å². The third-order valence-corrected chi connectivity index (χ3v) is 14.6. The van der Waals surface area contributed by atoms with E-state index in [0.29, 0.717) is 0 Å². The van der Waals surface area contributed by atoms with Crippen LogP contribution in [0.25, 0.3) is 75.8 Å². The van der Waals surface area contributed by atoms with Gasteiger partial charge in [0.05, 0.1) is 16.8 Å². The van der Waals surface area contributed by atoms with Crippen molar-refractivity contribution in [2.45, 2.75) is 5.41 Å². The molecule has 0 atom stereocenters. The van der Waals surface area contributed by atoms with Gasteiger partial charge in [-0.1, -0.05) is 206 Å². The van der Waals surface area contributed by atoms with Gasteiger partial charge in [0.1, 0.15) is 0 Å². The van der Waals surface area contributed by atoms with Gasteiger partial charge in [-0.3, -0.25) is 0 Å². The van der Waals surface area contributed by atoms with Crippen LogP contribution in [0.1, 0.15) is 22.3 Å².